The van der Waals surface area contributed by atoms with Crippen LogP contribution in [0.25, 0.3) is 0 Å². The summed E-state index contributed by atoms with van der Waals surface area (Å²) in [5.41, 5.74) is 0. The van der Waals surface area contributed by atoms with Crippen LogP contribution in [-0.4, -0.2) is 95.7 Å². The minimum atomic E-state index is -0.0513. The Morgan fingerprint density at radius 3 is 1.79 bits per heavy atom. The third-order valence-corrected chi connectivity index (χ3v) is 7.08. The van der Waals surface area contributed by atoms with E-state index >= 15 is 0 Å². The zero-order valence-corrected chi connectivity index (χ0v) is 17.1. The van der Waals surface area contributed by atoms with E-state index < -0.39 is 0 Å². The molecule has 0 N–H and O–H groups in total. The van der Waals surface area contributed by atoms with Gasteiger partial charge in [-0.2, -0.15) is 0 Å². The Labute approximate surface area is 168 Å². The smallest absolute Gasteiger partial charge is 0.240 e. The molecule has 4 rings (SSSR count). The summed E-state index contributed by atoms with van der Waals surface area (Å²) >= 11 is 0. The van der Waals surface area contributed by atoms with E-state index in [1.54, 1.807) is 6.92 Å². The Morgan fingerprint density at radius 1 is 0.714 bits per heavy atom. The molecule has 1 unspecified atom stereocenters. The topological polar surface area (TPSA) is 64.2 Å². The van der Waals surface area contributed by atoms with Crippen LogP contribution in [0, 0.1) is 11.8 Å². The van der Waals surface area contributed by atoms with Crippen LogP contribution in [0.4, 0.5) is 0 Å². The van der Waals surface area contributed by atoms with Crippen molar-refractivity contribution in [1.29, 1.82) is 0 Å². The quantitative estimate of drug-likeness (QED) is 0.712. The van der Waals surface area contributed by atoms with E-state index in [4.69, 9.17) is 0 Å². The van der Waals surface area contributed by atoms with E-state index in [-0.39, 0.29) is 23.8 Å². The molecule has 7 nitrogen and oxygen atoms in total. The third kappa shape index (κ3) is 4.19. The summed E-state index contributed by atoms with van der Waals surface area (Å²) in [6, 6.07) is -0.0513. The zero-order chi connectivity index (χ0) is 19.7. The van der Waals surface area contributed by atoms with E-state index in [0.717, 1.165) is 51.9 Å². The van der Waals surface area contributed by atoms with Crippen LogP contribution in [0.5, 0.6) is 0 Å². The Bertz CT molecular complexity index is 599. The normalized spacial score (nSPS) is 25.8. The maximum absolute atomic E-state index is 13.5. The molecule has 2 aliphatic heterocycles. The van der Waals surface area contributed by atoms with Crippen molar-refractivity contribution in [1.82, 2.24) is 19.6 Å². The summed E-state index contributed by atoms with van der Waals surface area (Å²) in [4.78, 5) is 45.6. The maximum Gasteiger partial charge on any atom is 0.240 e. The molecule has 0 spiro atoms. The molecule has 0 aromatic carbocycles. The molecule has 2 heterocycles. The number of nitrogens with zero attached hydrogens (tertiary/aromatic N) is 4. The minimum absolute atomic E-state index is 0.0513. The fraction of sp³-hybridized carbons (Fsp3) is 0.857. The molecule has 2 saturated carbocycles. The van der Waals surface area contributed by atoms with Crippen LogP contribution in [-0.2, 0) is 14.4 Å². The van der Waals surface area contributed by atoms with Crippen molar-refractivity contribution in [3.8, 4) is 0 Å². The SMILES string of the molecule is CC(=O)N1CCN(C(=O)C(C2CCCC2)N2CCN(C(=O)C3CC3)CC2)CC1. The van der Waals surface area contributed by atoms with Gasteiger partial charge in [-0.25, -0.2) is 0 Å². The van der Waals surface area contributed by atoms with Crippen molar-refractivity contribution >= 4 is 17.7 Å². The second-order valence-corrected chi connectivity index (χ2v) is 8.96. The molecule has 156 valence electrons. The van der Waals surface area contributed by atoms with Crippen LogP contribution in [0.2, 0.25) is 0 Å². The highest BCUT2D eigenvalue weighted by Crippen LogP contribution is 2.34. The molecule has 0 aromatic rings. The Kier molecular flexibility index (Phi) is 5.90. The number of amides is 3. The predicted molar refractivity (Wildman–Crippen MR) is 105 cm³/mol. The predicted octanol–water partition coefficient (Wildman–Crippen LogP) is 0.790. The molecule has 0 bridgehead atoms. The molecule has 2 aliphatic carbocycles. The number of rotatable bonds is 4. The first-order valence-corrected chi connectivity index (χ1v) is 11.1. The van der Waals surface area contributed by atoms with Gasteiger partial charge in [-0.05, 0) is 31.6 Å². The van der Waals surface area contributed by atoms with E-state index in [0.29, 0.717) is 38.0 Å². The molecule has 1 atom stereocenters. The molecule has 7 heteroatoms. The third-order valence-electron chi connectivity index (χ3n) is 7.08. The second kappa shape index (κ2) is 8.39. The highest BCUT2D eigenvalue weighted by molar-refractivity contribution is 5.83. The van der Waals surface area contributed by atoms with Crippen molar-refractivity contribution in [3.63, 3.8) is 0 Å². The van der Waals surface area contributed by atoms with Gasteiger partial charge in [-0.15, -0.1) is 0 Å². The largest absolute Gasteiger partial charge is 0.340 e. The summed E-state index contributed by atoms with van der Waals surface area (Å²) in [7, 11) is 0. The fourth-order valence-corrected chi connectivity index (χ4v) is 5.17. The summed E-state index contributed by atoms with van der Waals surface area (Å²) in [6.45, 7) is 7.28. The molecule has 2 saturated heterocycles. The van der Waals surface area contributed by atoms with Gasteiger partial charge in [0.05, 0.1) is 6.04 Å². The van der Waals surface area contributed by atoms with Gasteiger partial charge in [0, 0.05) is 65.2 Å². The highest BCUT2D eigenvalue weighted by Gasteiger charge is 2.41. The van der Waals surface area contributed by atoms with Gasteiger partial charge < -0.3 is 14.7 Å². The molecule has 3 amide bonds. The van der Waals surface area contributed by atoms with Gasteiger partial charge in [-0.1, -0.05) is 12.8 Å². The summed E-state index contributed by atoms with van der Waals surface area (Å²) in [6.07, 6.45) is 6.79. The fourth-order valence-electron chi connectivity index (χ4n) is 5.17. The Balaban J connectivity index is 1.39. The van der Waals surface area contributed by atoms with Crippen molar-refractivity contribution in [3.05, 3.63) is 0 Å². The molecule has 0 aromatic heterocycles. The lowest BCUT2D eigenvalue weighted by atomic mass is 9.94. The molecule has 4 aliphatic rings. The number of carbonyl (C=O) groups is 3. The average molecular weight is 391 g/mol. The van der Waals surface area contributed by atoms with Gasteiger partial charge in [0.15, 0.2) is 0 Å². The van der Waals surface area contributed by atoms with E-state index in [2.05, 4.69) is 4.90 Å². The molecular weight excluding hydrogens is 356 g/mol. The average Bonchev–Trinajstić information content (AvgIpc) is 3.44. The summed E-state index contributed by atoms with van der Waals surface area (Å²) in [5.74, 6) is 1.37. The van der Waals surface area contributed by atoms with E-state index in [9.17, 15) is 14.4 Å². The second-order valence-electron chi connectivity index (χ2n) is 8.96. The maximum atomic E-state index is 13.5. The first-order chi connectivity index (χ1) is 13.5. The van der Waals surface area contributed by atoms with E-state index in [1.807, 2.05) is 14.7 Å². The molecule has 0 radical (unpaired) electrons. The van der Waals surface area contributed by atoms with Gasteiger partial charge in [0.25, 0.3) is 0 Å². The monoisotopic (exact) mass is 390 g/mol. The van der Waals surface area contributed by atoms with Crippen LogP contribution in [0.15, 0.2) is 0 Å². The number of hydrogen-bond acceptors (Lipinski definition) is 4. The Morgan fingerprint density at radius 2 is 1.25 bits per heavy atom. The lowest BCUT2D eigenvalue weighted by molar-refractivity contribution is -0.146. The number of piperazine rings is 2. The van der Waals surface area contributed by atoms with Gasteiger partial charge in [0.1, 0.15) is 0 Å². The molecule has 4 fully saturated rings. The minimum Gasteiger partial charge on any atom is -0.340 e. The zero-order valence-electron chi connectivity index (χ0n) is 17.1. The standard InChI is InChI=1S/C21H34N4O3/c1-16(26)22-8-12-25(13-9-22)21(28)19(17-4-2-3-5-17)23-10-14-24(15-11-23)20(27)18-6-7-18/h17-19H,2-15H2,1H3. The van der Waals surface area contributed by atoms with Crippen molar-refractivity contribution < 1.29 is 14.4 Å². The lowest BCUT2D eigenvalue weighted by Crippen LogP contribution is -2.60. The first kappa shape index (κ1) is 19.7. The molecular formula is C21H34N4O3. The van der Waals surface area contributed by atoms with E-state index in [1.165, 1.54) is 12.8 Å². The highest BCUT2D eigenvalue weighted by atomic mass is 16.2. The van der Waals surface area contributed by atoms with Crippen LogP contribution < -0.4 is 0 Å². The van der Waals surface area contributed by atoms with Gasteiger partial charge >= 0.3 is 0 Å². The number of hydrogen-bond donors (Lipinski definition) is 0. The van der Waals surface area contributed by atoms with Crippen molar-refractivity contribution in [2.75, 3.05) is 52.4 Å². The summed E-state index contributed by atoms with van der Waals surface area (Å²) in [5, 5.41) is 0. The molecule has 28 heavy (non-hydrogen) atoms. The van der Waals surface area contributed by atoms with Gasteiger partial charge in [-0.3, -0.25) is 19.3 Å². The lowest BCUT2D eigenvalue weighted by Gasteiger charge is -2.44. The Hall–Kier alpha value is -1.63. The van der Waals surface area contributed by atoms with Crippen molar-refractivity contribution in [2.45, 2.75) is 51.5 Å². The first-order valence-electron chi connectivity index (χ1n) is 11.1. The van der Waals surface area contributed by atoms with Gasteiger partial charge in [0.2, 0.25) is 17.7 Å². The number of carbonyl (C=O) groups excluding carboxylic acids is 3. The van der Waals surface area contributed by atoms with Crippen LogP contribution in [0.3, 0.4) is 0 Å². The van der Waals surface area contributed by atoms with Crippen molar-refractivity contribution in [2.24, 2.45) is 11.8 Å². The van der Waals surface area contributed by atoms with Crippen LogP contribution >= 0.6 is 0 Å². The van der Waals surface area contributed by atoms with Crippen LogP contribution in [0.1, 0.15) is 45.4 Å². The summed E-state index contributed by atoms with van der Waals surface area (Å²) < 4.78 is 0.